The summed E-state index contributed by atoms with van der Waals surface area (Å²) in [7, 11) is 0. The SMILES string of the molecule is O=C(O)CC=CC(=O)Nc1cccc(Oc2cccc(Oc3cccc(NC(=O)C=CCC(=O)O)c3C(F)(F)F)c2)c1C(F)(F)F. The quantitative estimate of drug-likeness (QED) is 0.118. The van der Waals surface area contributed by atoms with Gasteiger partial charge in [-0.2, -0.15) is 26.3 Å². The molecule has 0 aliphatic heterocycles. The molecule has 10 nitrogen and oxygen atoms in total. The van der Waals surface area contributed by atoms with Crippen LogP contribution in [0.15, 0.2) is 85.0 Å². The summed E-state index contributed by atoms with van der Waals surface area (Å²) in [5, 5.41) is 21.3. The van der Waals surface area contributed by atoms with Crippen LogP contribution in [-0.2, 0) is 31.5 Å². The van der Waals surface area contributed by atoms with Crippen LogP contribution in [0.1, 0.15) is 24.0 Å². The van der Waals surface area contributed by atoms with E-state index in [1.54, 1.807) is 0 Å². The maximum absolute atomic E-state index is 14.1. The van der Waals surface area contributed by atoms with Gasteiger partial charge in [0, 0.05) is 6.07 Å². The first kappa shape index (κ1) is 34.7. The summed E-state index contributed by atoms with van der Waals surface area (Å²) in [6, 6.07) is 10.6. The number of aliphatic carboxylic acids is 2. The molecule has 0 saturated carbocycles. The van der Waals surface area contributed by atoms with Crippen molar-refractivity contribution in [1.82, 2.24) is 0 Å². The fraction of sp³-hybridized carbons (Fsp3) is 0.133. The van der Waals surface area contributed by atoms with Gasteiger partial charge in [-0.3, -0.25) is 19.2 Å². The van der Waals surface area contributed by atoms with Crippen LogP contribution in [0, 0.1) is 0 Å². The lowest BCUT2D eigenvalue weighted by Crippen LogP contribution is -2.16. The maximum atomic E-state index is 14.1. The summed E-state index contributed by atoms with van der Waals surface area (Å²) in [6.07, 6.45) is -7.86. The molecular weight excluding hydrogens is 630 g/mol. The summed E-state index contributed by atoms with van der Waals surface area (Å²) < 4.78 is 95.1. The zero-order chi connectivity index (χ0) is 34.1. The third-order valence-electron chi connectivity index (χ3n) is 5.52. The number of hydrogen-bond donors (Lipinski definition) is 4. The highest BCUT2D eigenvalue weighted by atomic mass is 19.4. The normalized spacial score (nSPS) is 11.8. The summed E-state index contributed by atoms with van der Waals surface area (Å²) in [6.45, 7) is 0. The summed E-state index contributed by atoms with van der Waals surface area (Å²) >= 11 is 0. The number of ether oxygens (including phenoxy) is 2. The maximum Gasteiger partial charge on any atom is 0.421 e. The van der Waals surface area contributed by atoms with E-state index >= 15 is 0 Å². The Morgan fingerprint density at radius 3 is 1.35 bits per heavy atom. The minimum atomic E-state index is -5.06. The molecule has 0 aromatic heterocycles. The zero-order valence-electron chi connectivity index (χ0n) is 23.1. The van der Waals surface area contributed by atoms with E-state index in [9.17, 15) is 45.5 Å². The minimum absolute atomic E-state index is 0.297. The largest absolute Gasteiger partial charge is 0.481 e. The molecule has 2 amide bonds. The first-order chi connectivity index (χ1) is 21.5. The second kappa shape index (κ2) is 14.8. The van der Waals surface area contributed by atoms with Crippen LogP contribution >= 0.6 is 0 Å². The summed E-state index contributed by atoms with van der Waals surface area (Å²) in [5.74, 6) is -6.79. The molecule has 0 saturated heterocycles. The van der Waals surface area contributed by atoms with Gasteiger partial charge in [0.05, 0.1) is 24.2 Å². The predicted molar refractivity (Wildman–Crippen MR) is 150 cm³/mol. The standard InChI is InChI=1S/C30H22F6N2O8/c31-29(32,33)27-19(37-23(39)12-4-14-25(41)42)8-2-10-21(27)45-17-6-1-7-18(16-17)46-22-11-3-9-20(28(22)30(34,35)36)38-24(40)13-5-15-26(43)44/h1-13,16H,14-15H2,(H,37,39)(H,38,40)(H,41,42)(H,43,44). The van der Waals surface area contributed by atoms with E-state index in [1.807, 2.05) is 10.6 Å². The monoisotopic (exact) mass is 652 g/mol. The number of nitrogens with one attached hydrogen (secondary N) is 2. The number of carboxylic acid groups (broad SMARTS) is 2. The van der Waals surface area contributed by atoms with Crippen molar-refractivity contribution < 1.29 is 65.2 Å². The van der Waals surface area contributed by atoms with Crippen molar-refractivity contribution in [3.63, 3.8) is 0 Å². The van der Waals surface area contributed by atoms with E-state index in [0.717, 1.165) is 66.8 Å². The molecule has 0 radical (unpaired) electrons. The van der Waals surface area contributed by atoms with Crippen LogP contribution in [-0.4, -0.2) is 34.0 Å². The second-order valence-electron chi connectivity index (χ2n) is 9.01. The van der Waals surface area contributed by atoms with Gasteiger partial charge in [0.15, 0.2) is 0 Å². The number of carbonyl (C=O) groups is 4. The van der Waals surface area contributed by atoms with Gasteiger partial charge < -0.3 is 30.3 Å². The second-order valence-corrected chi connectivity index (χ2v) is 9.01. The first-order valence-corrected chi connectivity index (χ1v) is 12.8. The molecule has 0 bridgehead atoms. The number of hydrogen-bond acceptors (Lipinski definition) is 6. The molecule has 242 valence electrons. The predicted octanol–water partition coefficient (Wildman–Crippen LogP) is 7.25. The first-order valence-electron chi connectivity index (χ1n) is 12.8. The van der Waals surface area contributed by atoms with Gasteiger partial charge >= 0.3 is 24.3 Å². The average Bonchev–Trinajstić information content (AvgIpc) is 2.91. The van der Waals surface area contributed by atoms with E-state index in [-0.39, 0.29) is 11.5 Å². The average molecular weight is 653 g/mol. The number of anilines is 2. The molecule has 0 aliphatic carbocycles. The fourth-order valence-corrected chi connectivity index (χ4v) is 3.76. The molecule has 46 heavy (non-hydrogen) atoms. The Bertz CT molecular complexity index is 1560. The van der Waals surface area contributed by atoms with Gasteiger partial charge in [-0.15, -0.1) is 0 Å². The number of carbonyl (C=O) groups excluding carboxylic acids is 2. The fourth-order valence-electron chi connectivity index (χ4n) is 3.76. The number of benzene rings is 3. The van der Waals surface area contributed by atoms with Crippen LogP contribution in [0.3, 0.4) is 0 Å². The summed E-state index contributed by atoms with van der Waals surface area (Å²) in [4.78, 5) is 45.3. The van der Waals surface area contributed by atoms with Gasteiger partial charge in [0.2, 0.25) is 11.8 Å². The highest BCUT2D eigenvalue weighted by molar-refractivity contribution is 6.01. The lowest BCUT2D eigenvalue weighted by atomic mass is 10.1. The number of rotatable bonds is 12. The summed E-state index contributed by atoms with van der Waals surface area (Å²) in [5.41, 5.74) is -4.23. The number of carboxylic acids is 2. The Morgan fingerprint density at radius 1 is 0.630 bits per heavy atom. The van der Waals surface area contributed by atoms with Crippen LogP contribution in [0.25, 0.3) is 0 Å². The molecule has 0 fully saturated rings. The molecule has 16 heteroatoms. The molecule has 3 aromatic rings. The van der Waals surface area contributed by atoms with E-state index in [2.05, 4.69) is 0 Å². The van der Waals surface area contributed by atoms with Gasteiger partial charge in [-0.1, -0.05) is 30.4 Å². The van der Waals surface area contributed by atoms with Gasteiger partial charge in [-0.05, 0) is 48.6 Å². The molecule has 0 spiro atoms. The highest BCUT2D eigenvalue weighted by Crippen LogP contribution is 2.45. The zero-order valence-corrected chi connectivity index (χ0v) is 23.1. The topological polar surface area (TPSA) is 151 Å². The van der Waals surface area contributed by atoms with Crippen LogP contribution in [0.5, 0.6) is 23.0 Å². The van der Waals surface area contributed by atoms with Crippen molar-refractivity contribution in [3.8, 4) is 23.0 Å². The molecule has 0 unspecified atom stereocenters. The van der Waals surface area contributed by atoms with E-state index in [0.29, 0.717) is 0 Å². The Balaban J connectivity index is 1.91. The number of halogens is 6. The van der Waals surface area contributed by atoms with Crippen LogP contribution in [0.2, 0.25) is 0 Å². The molecule has 0 aliphatic rings. The van der Waals surface area contributed by atoms with Gasteiger partial charge in [0.25, 0.3) is 0 Å². The lowest BCUT2D eigenvalue weighted by Gasteiger charge is -2.19. The molecule has 0 atom stereocenters. The number of amides is 2. The minimum Gasteiger partial charge on any atom is -0.481 e. The molecular formula is C30H22F6N2O8. The Hall–Kier alpha value is -5.80. The Kier molecular flexibility index (Phi) is 11.1. The highest BCUT2D eigenvalue weighted by Gasteiger charge is 2.39. The molecule has 3 rings (SSSR count). The van der Waals surface area contributed by atoms with E-state index < -0.39 is 82.9 Å². The van der Waals surface area contributed by atoms with Crippen molar-refractivity contribution in [2.75, 3.05) is 10.6 Å². The lowest BCUT2D eigenvalue weighted by molar-refractivity contribution is -0.138. The van der Waals surface area contributed by atoms with Crippen LogP contribution in [0.4, 0.5) is 37.7 Å². The van der Waals surface area contributed by atoms with Crippen molar-refractivity contribution in [3.05, 3.63) is 96.1 Å². The molecule has 0 heterocycles. The Labute approximate surface area is 255 Å². The van der Waals surface area contributed by atoms with E-state index in [4.69, 9.17) is 19.7 Å². The third-order valence-corrected chi connectivity index (χ3v) is 5.52. The molecule has 4 N–H and O–H groups in total. The third kappa shape index (κ3) is 10.1. The number of alkyl halides is 6. The van der Waals surface area contributed by atoms with Gasteiger partial charge in [0.1, 0.15) is 34.1 Å². The van der Waals surface area contributed by atoms with E-state index in [1.165, 1.54) is 18.2 Å². The van der Waals surface area contributed by atoms with Gasteiger partial charge in [-0.25, -0.2) is 0 Å². The van der Waals surface area contributed by atoms with Crippen molar-refractivity contribution >= 4 is 35.1 Å². The van der Waals surface area contributed by atoms with Crippen LogP contribution < -0.4 is 20.1 Å². The smallest absolute Gasteiger partial charge is 0.421 e. The van der Waals surface area contributed by atoms with Crippen molar-refractivity contribution in [2.45, 2.75) is 25.2 Å². The van der Waals surface area contributed by atoms with Crippen molar-refractivity contribution in [2.24, 2.45) is 0 Å². The molecule has 3 aromatic carbocycles. The van der Waals surface area contributed by atoms with Crippen molar-refractivity contribution in [1.29, 1.82) is 0 Å². The Morgan fingerprint density at radius 2 is 1.00 bits per heavy atom.